The van der Waals surface area contributed by atoms with Gasteiger partial charge in [0.05, 0.1) is 10.7 Å². The lowest BCUT2D eigenvalue weighted by Crippen LogP contribution is -2.18. The Hall–Kier alpha value is -0.720. The van der Waals surface area contributed by atoms with E-state index in [1.165, 1.54) is 0 Å². The largest absolute Gasteiger partial charge is 0.573 e. The smallest absolute Gasteiger partial charge is 0.402 e. The highest BCUT2D eigenvalue weighted by Crippen LogP contribution is 2.32. The molecule has 3 nitrogen and oxygen atoms in total. The third-order valence-corrected chi connectivity index (χ3v) is 1.99. The third-order valence-electron chi connectivity index (χ3n) is 1.39. The Kier molecular flexibility index (Phi) is 3.64. The molecule has 2 N–H and O–H groups in total. The summed E-state index contributed by atoms with van der Waals surface area (Å²) in [6.07, 6.45) is -4.83. The Morgan fingerprint density at radius 1 is 1.40 bits per heavy atom. The number of nitrogens with two attached hydrogens (primary N) is 1. The van der Waals surface area contributed by atoms with E-state index < -0.39 is 17.3 Å². The zero-order chi connectivity index (χ0) is 11.6. The highest BCUT2D eigenvalue weighted by Gasteiger charge is 2.32. The number of hydrogen-bond acceptors (Lipinski definition) is 3. The average molecular weight is 261 g/mol. The first-order chi connectivity index (χ1) is 6.83. The summed E-state index contributed by atoms with van der Waals surface area (Å²) in [5.74, 6) is -0.647. The van der Waals surface area contributed by atoms with Crippen LogP contribution < -0.4 is 10.5 Å². The van der Waals surface area contributed by atoms with Crippen LogP contribution in [0.25, 0.3) is 0 Å². The van der Waals surface area contributed by atoms with Crippen molar-refractivity contribution in [3.63, 3.8) is 0 Å². The lowest BCUT2D eigenvalue weighted by molar-refractivity contribution is -0.274. The lowest BCUT2D eigenvalue weighted by atomic mass is 10.3. The van der Waals surface area contributed by atoms with Crippen LogP contribution in [-0.2, 0) is 6.54 Å². The van der Waals surface area contributed by atoms with Gasteiger partial charge < -0.3 is 10.5 Å². The molecule has 84 valence electrons. The fourth-order valence-electron chi connectivity index (χ4n) is 0.824. The van der Waals surface area contributed by atoms with Crippen LogP contribution in [0.2, 0.25) is 10.2 Å². The Morgan fingerprint density at radius 2 is 2.00 bits per heavy atom. The molecule has 0 fully saturated rings. The molecular formula is C7H5Cl2F3N2O. The van der Waals surface area contributed by atoms with Crippen LogP contribution in [0.1, 0.15) is 5.69 Å². The van der Waals surface area contributed by atoms with Crippen LogP contribution in [0.3, 0.4) is 0 Å². The second kappa shape index (κ2) is 4.42. The van der Waals surface area contributed by atoms with Crippen molar-refractivity contribution >= 4 is 23.2 Å². The molecule has 0 saturated heterocycles. The summed E-state index contributed by atoms with van der Waals surface area (Å²) in [6, 6.07) is 0.923. The van der Waals surface area contributed by atoms with Crippen molar-refractivity contribution in [3.05, 3.63) is 21.9 Å². The van der Waals surface area contributed by atoms with Gasteiger partial charge in [-0.05, 0) is 0 Å². The van der Waals surface area contributed by atoms with Crippen LogP contribution in [0.5, 0.6) is 5.75 Å². The van der Waals surface area contributed by atoms with E-state index in [1.807, 2.05) is 0 Å². The highest BCUT2D eigenvalue weighted by atomic mass is 35.5. The van der Waals surface area contributed by atoms with E-state index in [-0.39, 0.29) is 17.3 Å². The van der Waals surface area contributed by atoms with Crippen molar-refractivity contribution in [2.75, 3.05) is 0 Å². The van der Waals surface area contributed by atoms with Crippen LogP contribution in [0.15, 0.2) is 6.07 Å². The van der Waals surface area contributed by atoms with Gasteiger partial charge in [-0.15, -0.1) is 13.2 Å². The van der Waals surface area contributed by atoms with Gasteiger partial charge in [-0.1, -0.05) is 23.2 Å². The standard InChI is InChI=1S/C7H5Cl2F3N2O/c8-3-1-5(15-7(10,11)12)6(9)14-4(3)2-13/h1H,2,13H2. The van der Waals surface area contributed by atoms with E-state index >= 15 is 0 Å². The molecule has 0 amide bonds. The van der Waals surface area contributed by atoms with Gasteiger partial charge in [-0.3, -0.25) is 0 Å². The molecule has 8 heteroatoms. The summed E-state index contributed by atoms with van der Waals surface area (Å²) in [5.41, 5.74) is 5.43. The molecule has 1 rings (SSSR count). The van der Waals surface area contributed by atoms with Gasteiger partial charge in [0.15, 0.2) is 10.9 Å². The van der Waals surface area contributed by atoms with Gasteiger partial charge in [-0.2, -0.15) is 0 Å². The highest BCUT2D eigenvalue weighted by molar-refractivity contribution is 6.33. The van der Waals surface area contributed by atoms with E-state index in [4.69, 9.17) is 28.9 Å². The van der Waals surface area contributed by atoms with Gasteiger partial charge in [0.1, 0.15) is 0 Å². The van der Waals surface area contributed by atoms with Crippen molar-refractivity contribution in [2.45, 2.75) is 12.9 Å². The summed E-state index contributed by atoms with van der Waals surface area (Å²) in [4.78, 5) is 3.56. The summed E-state index contributed by atoms with van der Waals surface area (Å²) < 4.78 is 39.2. The molecule has 1 heterocycles. The first kappa shape index (κ1) is 12.4. The molecular weight excluding hydrogens is 256 g/mol. The van der Waals surface area contributed by atoms with E-state index in [0.717, 1.165) is 6.07 Å². The Labute approximate surface area is 92.9 Å². The van der Waals surface area contributed by atoms with Crippen molar-refractivity contribution in [1.29, 1.82) is 0 Å². The summed E-state index contributed by atoms with van der Waals surface area (Å²) in [6.45, 7) is -0.0230. The SMILES string of the molecule is NCc1nc(Cl)c(OC(F)(F)F)cc1Cl. The first-order valence-electron chi connectivity index (χ1n) is 3.64. The molecule has 0 aliphatic rings. The Balaban J connectivity index is 3.05. The number of aromatic nitrogens is 1. The topological polar surface area (TPSA) is 48.1 Å². The zero-order valence-electron chi connectivity index (χ0n) is 7.11. The molecule has 0 aliphatic heterocycles. The molecule has 15 heavy (non-hydrogen) atoms. The normalized spacial score (nSPS) is 11.6. The maximum absolute atomic E-state index is 11.9. The molecule has 0 aromatic carbocycles. The van der Waals surface area contributed by atoms with Crippen molar-refractivity contribution < 1.29 is 17.9 Å². The van der Waals surface area contributed by atoms with Gasteiger partial charge >= 0.3 is 6.36 Å². The Morgan fingerprint density at radius 3 is 2.47 bits per heavy atom. The number of alkyl halides is 3. The second-order valence-corrected chi connectivity index (χ2v) is 3.22. The molecule has 0 aliphatic carbocycles. The van der Waals surface area contributed by atoms with Gasteiger partial charge in [0.2, 0.25) is 0 Å². The molecule has 0 spiro atoms. The number of pyridine rings is 1. The number of ether oxygens (including phenoxy) is 1. The number of halogens is 5. The minimum absolute atomic E-state index is 0.0230. The van der Waals surface area contributed by atoms with E-state index in [9.17, 15) is 13.2 Å². The minimum Gasteiger partial charge on any atom is -0.402 e. The fourth-order valence-corrected chi connectivity index (χ4v) is 1.24. The maximum atomic E-state index is 11.9. The molecule has 0 saturated carbocycles. The third kappa shape index (κ3) is 3.40. The van der Waals surface area contributed by atoms with Gasteiger partial charge in [-0.25, -0.2) is 4.98 Å². The summed E-state index contributed by atoms with van der Waals surface area (Å²) in [7, 11) is 0. The number of rotatable bonds is 2. The molecule has 0 unspecified atom stereocenters. The monoisotopic (exact) mass is 260 g/mol. The zero-order valence-corrected chi connectivity index (χ0v) is 8.62. The molecule has 1 aromatic heterocycles. The second-order valence-electron chi connectivity index (χ2n) is 2.46. The minimum atomic E-state index is -4.83. The molecule has 0 radical (unpaired) electrons. The van der Waals surface area contributed by atoms with Crippen molar-refractivity contribution in [3.8, 4) is 5.75 Å². The molecule has 1 aromatic rings. The summed E-state index contributed by atoms with van der Waals surface area (Å²) >= 11 is 11.0. The van der Waals surface area contributed by atoms with E-state index in [0.29, 0.717) is 0 Å². The average Bonchev–Trinajstić information content (AvgIpc) is 2.08. The lowest BCUT2D eigenvalue weighted by Gasteiger charge is -2.11. The van der Waals surface area contributed by atoms with Crippen molar-refractivity contribution in [2.24, 2.45) is 5.73 Å². The van der Waals surface area contributed by atoms with Crippen molar-refractivity contribution in [1.82, 2.24) is 4.98 Å². The predicted molar refractivity (Wildman–Crippen MR) is 48.8 cm³/mol. The maximum Gasteiger partial charge on any atom is 0.573 e. The van der Waals surface area contributed by atoms with Crippen LogP contribution in [0, 0.1) is 0 Å². The predicted octanol–water partition coefficient (Wildman–Crippen LogP) is 2.75. The van der Waals surface area contributed by atoms with Gasteiger partial charge in [0.25, 0.3) is 0 Å². The molecule has 0 bridgehead atoms. The first-order valence-corrected chi connectivity index (χ1v) is 4.40. The van der Waals surface area contributed by atoms with Crippen LogP contribution >= 0.6 is 23.2 Å². The summed E-state index contributed by atoms with van der Waals surface area (Å²) in [5, 5.41) is -0.460. The van der Waals surface area contributed by atoms with Gasteiger partial charge in [0, 0.05) is 12.6 Å². The van der Waals surface area contributed by atoms with E-state index in [2.05, 4.69) is 9.72 Å². The fraction of sp³-hybridized carbons (Fsp3) is 0.286. The quantitative estimate of drug-likeness (QED) is 0.832. The van der Waals surface area contributed by atoms with E-state index in [1.54, 1.807) is 0 Å². The number of nitrogens with zero attached hydrogens (tertiary/aromatic N) is 1. The molecule has 0 atom stereocenters. The van der Waals surface area contributed by atoms with Crippen LogP contribution in [-0.4, -0.2) is 11.3 Å². The number of hydrogen-bond donors (Lipinski definition) is 1. The Bertz CT molecular complexity index is 370. The van der Waals surface area contributed by atoms with Crippen LogP contribution in [0.4, 0.5) is 13.2 Å².